The van der Waals surface area contributed by atoms with E-state index in [0.29, 0.717) is 11.6 Å². The lowest BCUT2D eigenvalue weighted by molar-refractivity contribution is 0.0689. The monoisotopic (exact) mass is 269 g/mol. The van der Waals surface area contributed by atoms with E-state index < -0.39 is 5.97 Å². The molecule has 6 nitrogen and oxygen atoms in total. The van der Waals surface area contributed by atoms with E-state index in [1.54, 1.807) is 13.2 Å². The van der Waals surface area contributed by atoms with Gasteiger partial charge in [-0.05, 0) is 12.1 Å². The van der Waals surface area contributed by atoms with Gasteiger partial charge in [-0.15, -0.1) is 0 Å². The molecule has 0 atom stereocenters. The molecule has 0 spiro atoms. The molecule has 0 amide bonds. The topological polar surface area (TPSA) is 81.2 Å². The van der Waals surface area contributed by atoms with E-state index in [1.807, 2.05) is 24.3 Å². The van der Waals surface area contributed by atoms with Crippen LogP contribution in [0.5, 0.6) is 0 Å². The lowest BCUT2D eigenvalue weighted by Gasteiger charge is -2.06. The highest BCUT2D eigenvalue weighted by Gasteiger charge is 2.17. The minimum absolute atomic E-state index is 0.00436. The molecule has 2 aromatic heterocycles. The third-order valence-corrected chi connectivity index (χ3v) is 2.96. The zero-order valence-electron chi connectivity index (χ0n) is 10.6. The molecule has 3 aromatic rings. The number of nitrogens with zero attached hydrogens (tertiary/aromatic N) is 3. The van der Waals surface area contributed by atoms with Crippen LogP contribution in [0, 0.1) is 0 Å². The highest BCUT2D eigenvalue weighted by Crippen LogP contribution is 2.31. The van der Waals surface area contributed by atoms with E-state index in [0.717, 1.165) is 11.1 Å². The SMILES string of the molecule is Cn1nc(C(=O)O)cc1-c1ccccc1-c1ncco1. The van der Waals surface area contributed by atoms with Crippen LogP contribution in [0.1, 0.15) is 10.5 Å². The molecular weight excluding hydrogens is 258 g/mol. The van der Waals surface area contributed by atoms with E-state index in [2.05, 4.69) is 10.1 Å². The minimum Gasteiger partial charge on any atom is -0.476 e. The Balaban J connectivity index is 2.18. The van der Waals surface area contributed by atoms with Crippen LogP contribution in [0.2, 0.25) is 0 Å². The van der Waals surface area contributed by atoms with Crippen LogP contribution in [0.15, 0.2) is 47.2 Å². The van der Waals surface area contributed by atoms with Gasteiger partial charge in [-0.3, -0.25) is 4.68 Å². The molecule has 100 valence electrons. The Bertz CT molecular complexity index is 760. The molecule has 0 aliphatic rings. The molecule has 1 N–H and O–H groups in total. The smallest absolute Gasteiger partial charge is 0.356 e. The third-order valence-electron chi connectivity index (χ3n) is 2.96. The number of benzene rings is 1. The normalized spacial score (nSPS) is 10.7. The first-order chi connectivity index (χ1) is 9.66. The van der Waals surface area contributed by atoms with Crippen molar-refractivity contribution in [3.63, 3.8) is 0 Å². The fraction of sp³-hybridized carbons (Fsp3) is 0.0714. The molecule has 3 rings (SSSR count). The number of hydrogen-bond acceptors (Lipinski definition) is 4. The summed E-state index contributed by atoms with van der Waals surface area (Å²) in [5.41, 5.74) is 2.30. The molecule has 1 aromatic carbocycles. The second kappa shape index (κ2) is 4.65. The number of oxazole rings is 1. The summed E-state index contributed by atoms with van der Waals surface area (Å²) in [7, 11) is 1.70. The van der Waals surface area contributed by atoms with E-state index in [-0.39, 0.29) is 5.69 Å². The van der Waals surface area contributed by atoms with Crippen molar-refractivity contribution >= 4 is 5.97 Å². The van der Waals surface area contributed by atoms with Crippen molar-refractivity contribution in [3.05, 3.63) is 48.5 Å². The zero-order chi connectivity index (χ0) is 14.1. The average Bonchev–Trinajstić information content (AvgIpc) is 3.08. The fourth-order valence-electron chi connectivity index (χ4n) is 2.07. The number of aromatic carboxylic acids is 1. The Hall–Kier alpha value is -2.89. The largest absolute Gasteiger partial charge is 0.476 e. The summed E-state index contributed by atoms with van der Waals surface area (Å²) in [6.45, 7) is 0. The van der Waals surface area contributed by atoms with Gasteiger partial charge in [0.25, 0.3) is 0 Å². The van der Waals surface area contributed by atoms with Crippen LogP contribution in [0.3, 0.4) is 0 Å². The summed E-state index contributed by atoms with van der Waals surface area (Å²) >= 11 is 0. The molecule has 0 aliphatic carbocycles. The predicted molar refractivity (Wildman–Crippen MR) is 71.1 cm³/mol. The summed E-state index contributed by atoms with van der Waals surface area (Å²) in [6.07, 6.45) is 3.07. The number of carboxylic acid groups (broad SMARTS) is 1. The van der Waals surface area contributed by atoms with Gasteiger partial charge in [0.1, 0.15) is 6.26 Å². The van der Waals surface area contributed by atoms with Gasteiger partial charge in [0, 0.05) is 18.2 Å². The van der Waals surface area contributed by atoms with Gasteiger partial charge >= 0.3 is 5.97 Å². The van der Waals surface area contributed by atoms with E-state index in [1.165, 1.54) is 17.0 Å². The number of rotatable bonds is 3. The fourth-order valence-corrected chi connectivity index (χ4v) is 2.07. The molecule has 0 fully saturated rings. The Kier molecular flexibility index (Phi) is 2.83. The van der Waals surface area contributed by atoms with Crippen molar-refractivity contribution in [3.8, 4) is 22.7 Å². The summed E-state index contributed by atoms with van der Waals surface area (Å²) < 4.78 is 6.85. The number of aromatic nitrogens is 3. The average molecular weight is 269 g/mol. The molecule has 2 heterocycles. The van der Waals surface area contributed by atoms with E-state index in [4.69, 9.17) is 9.52 Å². The van der Waals surface area contributed by atoms with E-state index in [9.17, 15) is 4.79 Å². The summed E-state index contributed by atoms with van der Waals surface area (Å²) in [5.74, 6) is -0.570. The Morgan fingerprint density at radius 1 is 1.30 bits per heavy atom. The van der Waals surface area contributed by atoms with E-state index >= 15 is 0 Å². The standard InChI is InChI=1S/C14H11N3O3/c1-17-12(8-11(16-17)14(18)19)9-4-2-3-5-10(9)13-15-6-7-20-13/h2-8H,1H3,(H,18,19). The maximum Gasteiger partial charge on any atom is 0.356 e. The number of carboxylic acids is 1. The van der Waals surface area contributed by atoms with Crippen molar-refractivity contribution < 1.29 is 14.3 Å². The van der Waals surface area contributed by atoms with Crippen molar-refractivity contribution in [1.29, 1.82) is 0 Å². The molecule has 0 radical (unpaired) electrons. The van der Waals surface area contributed by atoms with Gasteiger partial charge in [0.05, 0.1) is 11.9 Å². The summed E-state index contributed by atoms with van der Waals surface area (Å²) in [6, 6.07) is 9.02. The van der Waals surface area contributed by atoms with Gasteiger partial charge in [0.2, 0.25) is 5.89 Å². The molecule has 0 saturated carbocycles. The van der Waals surface area contributed by atoms with Gasteiger partial charge < -0.3 is 9.52 Å². The molecule has 6 heteroatoms. The highest BCUT2D eigenvalue weighted by atomic mass is 16.4. The first-order valence-corrected chi connectivity index (χ1v) is 5.93. The highest BCUT2D eigenvalue weighted by molar-refractivity contribution is 5.88. The van der Waals surface area contributed by atoms with Gasteiger partial charge in [-0.25, -0.2) is 9.78 Å². The maximum atomic E-state index is 11.0. The van der Waals surface area contributed by atoms with Gasteiger partial charge in [0.15, 0.2) is 5.69 Å². The van der Waals surface area contributed by atoms with Crippen LogP contribution < -0.4 is 0 Å². The second-order valence-electron chi connectivity index (χ2n) is 4.23. The van der Waals surface area contributed by atoms with Crippen molar-refractivity contribution in [1.82, 2.24) is 14.8 Å². The third kappa shape index (κ3) is 1.97. The Morgan fingerprint density at radius 3 is 2.65 bits per heavy atom. The van der Waals surface area contributed by atoms with Crippen molar-refractivity contribution in [2.45, 2.75) is 0 Å². The molecule has 0 bridgehead atoms. The van der Waals surface area contributed by atoms with Crippen molar-refractivity contribution in [2.24, 2.45) is 7.05 Å². The first kappa shape index (κ1) is 12.2. The van der Waals surface area contributed by atoms with Gasteiger partial charge in [-0.1, -0.05) is 18.2 Å². The Labute approximate surface area is 114 Å². The number of aryl methyl sites for hydroxylation is 1. The minimum atomic E-state index is -1.06. The number of hydrogen-bond donors (Lipinski definition) is 1. The number of carbonyl (C=O) groups is 1. The van der Waals surface area contributed by atoms with Crippen LogP contribution in [0.4, 0.5) is 0 Å². The lowest BCUT2D eigenvalue weighted by atomic mass is 10.0. The summed E-state index contributed by atoms with van der Waals surface area (Å²) in [4.78, 5) is 15.1. The second-order valence-corrected chi connectivity index (χ2v) is 4.23. The lowest BCUT2D eigenvalue weighted by Crippen LogP contribution is -1.99. The van der Waals surface area contributed by atoms with Crippen molar-refractivity contribution in [2.75, 3.05) is 0 Å². The molecule has 0 saturated heterocycles. The molecule has 0 aliphatic heterocycles. The molecular formula is C14H11N3O3. The molecule has 20 heavy (non-hydrogen) atoms. The molecule has 0 unspecified atom stereocenters. The van der Waals surface area contributed by atoms with Gasteiger partial charge in [-0.2, -0.15) is 5.10 Å². The zero-order valence-corrected chi connectivity index (χ0v) is 10.6. The summed E-state index contributed by atoms with van der Waals surface area (Å²) in [5, 5.41) is 13.0. The van der Waals surface area contributed by atoms with Crippen LogP contribution >= 0.6 is 0 Å². The Morgan fingerprint density at radius 2 is 2.05 bits per heavy atom. The van der Waals surface area contributed by atoms with Crippen LogP contribution in [0.25, 0.3) is 22.7 Å². The first-order valence-electron chi connectivity index (χ1n) is 5.93. The van der Waals surface area contributed by atoms with Crippen LogP contribution in [-0.4, -0.2) is 25.8 Å². The predicted octanol–water partition coefficient (Wildman–Crippen LogP) is 2.44. The van der Waals surface area contributed by atoms with Crippen LogP contribution in [-0.2, 0) is 7.05 Å². The maximum absolute atomic E-state index is 11.0. The quantitative estimate of drug-likeness (QED) is 0.789.